The van der Waals surface area contributed by atoms with Crippen LogP contribution in [0.2, 0.25) is 0 Å². The molecule has 0 unspecified atom stereocenters. The summed E-state index contributed by atoms with van der Waals surface area (Å²) in [5.74, 6) is -0.0599. The van der Waals surface area contributed by atoms with Gasteiger partial charge in [-0.3, -0.25) is 0 Å². The molecule has 3 nitrogen and oxygen atoms in total. The summed E-state index contributed by atoms with van der Waals surface area (Å²) < 4.78 is 13.3. The van der Waals surface area contributed by atoms with Gasteiger partial charge in [-0.05, 0) is 25.0 Å². The SMILES string of the molecule is Cc1ccccc1Cc1nc(C)c(F)c(N)n1. The topological polar surface area (TPSA) is 51.8 Å². The second-order valence-corrected chi connectivity index (χ2v) is 4.03. The molecule has 2 N–H and O–H groups in total. The summed E-state index contributed by atoms with van der Waals surface area (Å²) in [6.07, 6.45) is 0.567. The fraction of sp³-hybridized carbons (Fsp3) is 0.231. The van der Waals surface area contributed by atoms with Crippen LogP contribution in [0.1, 0.15) is 22.6 Å². The van der Waals surface area contributed by atoms with Crippen LogP contribution in [0, 0.1) is 19.7 Å². The quantitative estimate of drug-likeness (QED) is 0.863. The molecule has 1 aromatic heterocycles. The van der Waals surface area contributed by atoms with Crippen molar-refractivity contribution in [1.82, 2.24) is 9.97 Å². The Morgan fingerprint density at radius 2 is 1.88 bits per heavy atom. The van der Waals surface area contributed by atoms with E-state index < -0.39 is 5.82 Å². The largest absolute Gasteiger partial charge is 0.381 e. The van der Waals surface area contributed by atoms with E-state index in [0.717, 1.165) is 11.1 Å². The second kappa shape index (κ2) is 4.49. The molecule has 0 bridgehead atoms. The van der Waals surface area contributed by atoms with Crippen LogP contribution in [0.5, 0.6) is 0 Å². The van der Waals surface area contributed by atoms with Gasteiger partial charge in [0.05, 0.1) is 5.69 Å². The number of nitrogens with zero attached hydrogens (tertiary/aromatic N) is 2. The summed E-state index contributed by atoms with van der Waals surface area (Å²) in [6.45, 7) is 3.61. The Labute approximate surface area is 99.5 Å². The molecule has 88 valence electrons. The lowest BCUT2D eigenvalue weighted by Gasteiger charge is -2.06. The molecule has 1 aromatic carbocycles. The monoisotopic (exact) mass is 231 g/mol. The fourth-order valence-corrected chi connectivity index (χ4v) is 1.70. The molecule has 4 heteroatoms. The van der Waals surface area contributed by atoms with Crippen molar-refractivity contribution in [2.75, 3.05) is 5.73 Å². The average Bonchev–Trinajstić information content (AvgIpc) is 2.29. The Balaban J connectivity index is 2.34. The third kappa shape index (κ3) is 2.41. The molecular formula is C13H14FN3. The van der Waals surface area contributed by atoms with Crippen LogP contribution < -0.4 is 5.73 Å². The fourth-order valence-electron chi connectivity index (χ4n) is 1.70. The summed E-state index contributed by atoms with van der Waals surface area (Å²) in [5, 5.41) is 0. The van der Waals surface area contributed by atoms with Crippen LogP contribution in [0.3, 0.4) is 0 Å². The van der Waals surface area contributed by atoms with E-state index in [1.165, 1.54) is 0 Å². The molecule has 0 spiro atoms. The van der Waals surface area contributed by atoms with Crippen molar-refractivity contribution < 1.29 is 4.39 Å². The zero-order valence-corrected chi connectivity index (χ0v) is 9.87. The van der Waals surface area contributed by atoms with Gasteiger partial charge in [0.2, 0.25) is 0 Å². The maximum atomic E-state index is 13.3. The third-order valence-corrected chi connectivity index (χ3v) is 2.70. The normalized spacial score (nSPS) is 10.5. The second-order valence-electron chi connectivity index (χ2n) is 4.03. The van der Waals surface area contributed by atoms with Gasteiger partial charge < -0.3 is 5.73 Å². The standard InChI is InChI=1S/C13H14FN3/c1-8-5-3-4-6-10(8)7-11-16-9(2)12(14)13(15)17-11/h3-6H,7H2,1-2H3,(H2,15,16,17). The minimum Gasteiger partial charge on any atom is -0.381 e. The van der Waals surface area contributed by atoms with Crippen molar-refractivity contribution in [3.05, 3.63) is 52.7 Å². The number of aryl methyl sites for hydroxylation is 2. The van der Waals surface area contributed by atoms with Gasteiger partial charge in [-0.2, -0.15) is 0 Å². The number of hydrogen-bond acceptors (Lipinski definition) is 3. The first kappa shape index (κ1) is 11.5. The first-order valence-electron chi connectivity index (χ1n) is 5.41. The van der Waals surface area contributed by atoms with Crippen LogP contribution >= 0.6 is 0 Å². The van der Waals surface area contributed by atoms with E-state index in [0.29, 0.717) is 17.9 Å². The number of halogens is 1. The van der Waals surface area contributed by atoms with E-state index in [9.17, 15) is 4.39 Å². The lowest BCUT2D eigenvalue weighted by atomic mass is 10.1. The van der Waals surface area contributed by atoms with Crippen LogP contribution in [0.15, 0.2) is 24.3 Å². The molecule has 0 aliphatic heterocycles. The minimum absolute atomic E-state index is 0.0823. The van der Waals surface area contributed by atoms with Crippen LogP contribution in [0.25, 0.3) is 0 Å². The molecule has 2 rings (SSSR count). The molecule has 0 saturated heterocycles. The zero-order chi connectivity index (χ0) is 12.4. The van der Waals surface area contributed by atoms with Crippen LogP contribution in [-0.4, -0.2) is 9.97 Å². The summed E-state index contributed by atoms with van der Waals surface area (Å²) in [5.41, 5.74) is 8.07. The Hall–Kier alpha value is -1.97. The summed E-state index contributed by atoms with van der Waals surface area (Å²) in [4.78, 5) is 8.07. The number of hydrogen-bond donors (Lipinski definition) is 1. The molecule has 17 heavy (non-hydrogen) atoms. The Bertz CT molecular complexity index is 529. The van der Waals surface area contributed by atoms with Gasteiger partial charge in [-0.15, -0.1) is 0 Å². The Morgan fingerprint density at radius 1 is 1.18 bits per heavy atom. The van der Waals surface area contributed by atoms with E-state index in [4.69, 9.17) is 5.73 Å². The van der Waals surface area contributed by atoms with Gasteiger partial charge in [0, 0.05) is 6.42 Å². The van der Waals surface area contributed by atoms with Gasteiger partial charge in [0.25, 0.3) is 0 Å². The Morgan fingerprint density at radius 3 is 2.53 bits per heavy atom. The third-order valence-electron chi connectivity index (χ3n) is 2.70. The van der Waals surface area contributed by atoms with Crippen molar-refractivity contribution in [2.24, 2.45) is 0 Å². The van der Waals surface area contributed by atoms with Crippen molar-refractivity contribution >= 4 is 5.82 Å². The molecule has 0 fully saturated rings. The maximum absolute atomic E-state index is 13.3. The van der Waals surface area contributed by atoms with E-state index in [1.54, 1.807) is 6.92 Å². The van der Waals surface area contributed by atoms with Crippen molar-refractivity contribution in [1.29, 1.82) is 0 Å². The van der Waals surface area contributed by atoms with E-state index in [2.05, 4.69) is 9.97 Å². The van der Waals surface area contributed by atoms with Crippen LogP contribution in [-0.2, 0) is 6.42 Å². The maximum Gasteiger partial charge on any atom is 0.186 e. The highest BCUT2D eigenvalue weighted by atomic mass is 19.1. The highest BCUT2D eigenvalue weighted by molar-refractivity contribution is 5.34. The smallest absolute Gasteiger partial charge is 0.186 e. The summed E-state index contributed by atoms with van der Waals surface area (Å²) >= 11 is 0. The summed E-state index contributed by atoms with van der Waals surface area (Å²) in [6, 6.07) is 7.97. The molecule has 0 saturated carbocycles. The number of benzene rings is 1. The number of aromatic nitrogens is 2. The van der Waals surface area contributed by atoms with Gasteiger partial charge in [-0.1, -0.05) is 24.3 Å². The minimum atomic E-state index is -0.529. The lowest BCUT2D eigenvalue weighted by molar-refractivity contribution is 0.603. The highest BCUT2D eigenvalue weighted by Crippen LogP contribution is 2.15. The number of anilines is 1. The van der Waals surface area contributed by atoms with Crippen molar-refractivity contribution in [3.8, 4) is 0 Å². The first-order valence-corrected chi connectivity index (χ1v) is 5.41. The van der Waals surface area contributed by atoms with Crippen LogP contribution in [0.4, 0.5) is 10.2 Å². The lowest BCUT2D eigenvalue weighted by Crippen LogP contribution is -2.06. The van der Waals surface area contributed by atoms with E-state index in [1.807, 2.05) is 31.2 Å². The van der Waals surface area contributed by atoms with Gasteiger partial charge in [0.15, 0.2) is 11.6 Å². The zero-order valence-electron chi connectivity index (χ0n) is 9.87. The molecule has 0 radical (unpaired) electrons. The van der Waals surface area contributed by atoms with Gasteiger partial charge in [-0.25, -0.2) is 14.4 Å². The highest BCUT2D eigenvalue weighted by Gasteiger charge is 2.09. The first-order chi connectivity index (χ1) is 8.08. The molecule has 0 atom stereocenters. The van der Waals surface area contributed by atoms with Crippen molar-refractivity contribution in [3.63, 3.8) is 0 Å². The summed E-state index contributed by atoms with van der Waals surface area (Å²) in [7, 11) is 0. The van der Waals surface area contributed by atoms with E-state index >= 15 is 0 Å². The Kier molecular flexibility index (Phi) is 3.04. The molecule has 0 aliphatic rings. The van der Waals surface area contributed by atoms with E-state index in [-0.39, 0.29) is 5.82 Å². The average molecular weight is 231 g/mol. The predicted molar refractivity (Wildman–Crippen MR) is 65.1 cm³/mol. The number of nitrogen functional groups attached to an aromatic ring is 1. The number of nitrogens with two attached hydrogens (primary N) is 1. The van der Waals surface area contributed by atoms with Crippen molar-refractivity contribution in [2.45, 2.75) is 20.3 Å². The molecule has 1 heterocycles. The molecular weight excluding hydrogens is 217 g/mol. The van der Waals surface area contributed by atoms with Gasteiger partial charge in [0.1, 0.15) is 5.82 Å². The molecule has 2 aromatic rings. The molecule has 0 aliphatic carbocycles. The number of rotatable bonds is 2. The van der Waals surface area contributed by atoms with Gasteiger partial charge >= 0.3 is 0 Å². The predicted octanol–water partition coefficient (Wildman–Crippen LogP) is 2.41. The molecule has 0 amide bonds.